The molecule has 0 aliphatic rings. The first-order chi connectivity index (χ1) is 8.28. The Labute approximate surface area is 117 Å². The van der Waals surface area contributed by atoms with Crippen molar-refractivity contribution in [2.45, 2.75) is 45.3 Å². The zero-order valence-electron chi connectivity index (χ0n) is 12.0. The van der Waals surface area contributed by atoms with Gasteiger partial charge in [0.1, 0.15) is 0 Å². The molecule has 0 radical (unpaired) electrons. The van der Waals surface area contributed by atoms with E-state index in [-0.39, 0.29) is 5.04 Å². The maximum atomic E-state index is 6.10. The lowest BCUT2D eigenvalue weighted by atomic mass is 10.2. The van der Waals surface area contributed by atoms with Gasteiger partial charge in [-0.2, -0.15) is 0 Å². The second-order valence-corrected chi connectivity index (χ2v) is 10.9. The minimum atomic E-state index is -1.88. The Morgan fingerprint density at radius 1 is 1.33 bits per heavy atom. The number of benzene rings is 1. The van der Waals surface area contributed by atoms with Crippen LogP contribution in [-0.4, -0.2) is 8.32 Å². The first kappa shape index (κ1) is 15.3. The maximum Gasteiger partial charge on any atom is 0.256 e. The lowest BCUT2D eigenvalue weighted by molar-refractivity contribution is 0.419. The molecule has 0 N–H and O–H groups in total. The third-order valence-electron chi connectivity index (χ3n) is 3.48. The molecule has 0 aliphatic heterocycles. The van der Waals surface area contributed by atoms with Crippen LogP contribution < -0.4 is 0 Å². The van der Waals surface area contributed by atoms with Crippen molar-refractivity contribution in [1.29, 1.82) is 0 Å². The molecule has 0 spiro atoms. The first-order valence-corrected chi connectivity index (χ1v) is 9.31. The Kier molecular flexibility index (Phi) is 5.06. The van der Waals surface area contributed by atoms with E-state index in [4.69, 9.17) is 16.0 Å². The number of hydrogen-bond acceptors (Lipinski definition) is 1. The lowest BCUT2D eigenvalue weighted by Crippen LogP contribution is -2.45. The van der Waals surface area contributed by atoms with Crippen LogP contribution in [0.2, 0.25) is 16.6 Å². The van der Waals surface area contributed by atoms with Gasteiger partial charge in [-0.15, -0.1) is 0 Å². The highest BCUT2D eigenvalue weighted by Crippen LogP contribution is 2.39. The van der Waals surface area contributed by atoms with Crippen LogP contribution in [0.15, 0.2) is 36.6 Å². The van der Waals surface area contributed by atoms with Crippen molar-refractivity contribution < 1.29 is 4.43 Å². The van der Waals surface area contributed by atoms with Gasteiger partial charge in [0.05, 0.1) is 6.26 Å². The number of allylic oxidation sites excluding steroid dienone is 1. The van der Waals surface area contributed by atoms with E-state index in [0.29, 0.717) is 0 Å². The van der Waals surface area contributed by atoms with Gasteiger partial charge in [-0.05, 0) is 36.2 Å². The zero-order chi connectivity index (χ0) is 13.8. The van der Waals surface area contributed by atoms with E-state index in [1.807, 2.05) is 37.5 Å². The molecule has 1 rings (SSSR count). The maximum absolute atomic E-state index is 6.10. The van der Waals surface area contributed by atoms with Gasteiger partial charge in [0, 0.05) is 11.1 Å². The van der Waals surface area contributed by atoms with Gasteiger partial charge in [0.15, 0.2) is 0 Å². The fourth-order valence-corrected chi connectivity index (χ4v) is 4.35. The van der Waals surface area contributed by atoms with Gasteiger partial charge in [-0.1, -0.05) is 50.6 Å². The molecule has 0 aromatic heterocycles. The summed E-state index contributed by atoms with van der Waals surface area (Å²) in [6.07, 6.45) is 3.79. The molecule has 1 nitrogen and oxygen atoms in total. The molecule has 1 unspecified atom stereocenters. The molecule has 0 bridgehead atoms. The lowest BCUT2D eigenvalue weighted by Gasteiger charge is -2.38. The minimum absolute atomic E-state index is 0.175. The second-order valence-electron chi connectivity index (χ2n) is 5.87. The van der Waals surface area contributed by atoms with Gasteiger partial charge < -0.3 is 4.43 Å². The Morgan fingerprint density at radius 3 is 2.50 bits per heavy atom. The third kappa shape index (κ3) is 3.89. The summed E-state index contributed by atoms with van der Waals surface area (Å²) in [7, 11) is -1.88. The predicted molar refractivity (Wildman–Crippen MR) is 82.4 cm³/mol. The van der Waals surface area contributed by atoms with Crippen LogP contribution in [0.4, 0.5) is 0 Å². The summed E-state index contributed by atoms with van der Waals surface area (Å²) in [4.78, 5) is 0. The molecule has 0 aliphatic carbocycles. The van der Waals surface area contributed by atoms with Gasteiger partial charge in [0.25, 0.3) is 8.32 Å². The Balaban J connectivity index is 2.98. The van der Waals surface area contributed by atoms with Gasteiger partial charge in [0.2, 0.25) is 0 Å². The molecular weight excluding hydrogens is 260 g/mol. The summed E-state index contributed by atoms with van der Waals surface area (Å²) < 4.78 is 6.10. The summed E-state index contributed by atoms with van der Waals surface area (Å²) in [5, 5.41) is 0.971. The van der Waals surface area contributed by atoms with Crippen molar-refractivity contribution in [3.05, 3.63) is 47.2 Å². The molecule has 100 valence electrons. The van der Waals surface area contributed by atoms with Crippen LogP contribution in [-0.2, 0) is 10.5 Å². The minimum Gasteiger partial charge on any atom is -0.549 e. The second kappa shape index (κ2) is 5.94. The molecule has 0 fully saturated rings. The molecular formula is C15H23ClOSi. The molecule has 1 atom stereocenters. The highest BCUT2D eigenvalue weighted by molar-refractivity contribution is 6.75. The monoisotopic (exact) mass is 282 g/mol. The van der Waals surface area contributed by atoms with Crippen molar-refractivity contribution in [3.63, 3.8) is 0 Å². The van der Waals surface area contributed by atoms with Crippen molar-refractivity contribution >= 4 is 19.9 Å². The summed E-state index contributed by atoms with van der Waals surface area (Å²) in [5.41, 5.74) is 1.26. The average molecular weight is 283 g/mol. The molecule has 0 saturated heterocycles. The number of hydrogen-bond donors (Lipinski definition) is 0. The Hall–Kier alpha value is -0.733. The van der Waals surface area contributed by atoms with E-state index < -0.39 is 8.32 Å². The van der Waals surface area contributed by atoms with Crippen molar-refractivity contribution in [2.75, 3.05) is 0 Å². The number of rotatable bonds is 4. The van der Waals surface area contributed by atoms with Crippen LogP contribution in [0.5, 0.6) is 0 Å². The summed E-state index contributed by atoms with van der Waals surface area (Å²) in [5.74, 6) is 0. The quantitative estimate of drug-likeness (QED) is 0.534. The topological polar surface area (TPSA) is 9.23 Å². The van der Waals surface area contributed by atoms with Gasteiger partial charge in [-0.3, -0.25) is 0 Å². The van der Waals surface area contributed by atoms with Gasteiger partial charge in [-0.25, -0.2) is 0 Å². The predicted octanol–water partition coefficient (Wildman–Crippen LogP) is 5.35. The molecule has 0 amide bonds. The molecule has 0 heterocycles. The third-order valence-corrected chi connectivity index (χ3v) is 8.63. The van der Waals surface area contributed by atoms with Crippen molar-refractivity contribution in [3.8, 4) is 0 Å². The first-order valence-electron chi connectivity index (χ1n) is 6.32. The van der Waals surface area contributed by atoms with Crippen molar-refractivity contribution in [1.82, 2.24) is 0 Å². The zero-order valence-corrected chi connectivity index (χ0v) is 13.7. The SMILES string of the molecule is C/C=C/O[Si](C)(Cc1cccc(Cl)c1)C(C)(C)C. The molecule has 3 heteroatoms. The molecule has 1 aromatic carbocycles. The Morgan fingerprint density at radius 2 is 2.00 bits per heavy atom. The van der Waals surface area contributed by atoms with E-state index in [0.717, 1.165) is 11.1 Å². The van der Waals surface area contributed by atoms with Crippen LogP contribution >= 0.6 is 11.6 Å². The highest BCUT2D eigenvalue weighted by atomic mass is 35.5. The standard InChI is InChI=1S/C15H23ClOSi/c1-6-10-17-18(5,15(2,3)4)12-13-8-7-9-14(16)11-13/h6-11H,12H2,1-5H3/b10-6+. The number of halogens is 1. The molecule has 0 saturated carbocycles. The fourth-order valence-electron chi connectivity index (χ4n) is 1.74. The Bertz CT molecular complexity index is 423. The van der Waals surface area contributed by atoms with Crippen LogP contribution in [0.3, 0.4) is 0 Å². The van der Waals surface area contributed by atoms with Crippen LogP contribution in [0.25, 0.3) is 0 Å². The summed E-state index contributed by atoms with van der Waals surface area (Å²) in [6.45, 7) is 11.0. The van der Waals surface area contributed by atoms with Crippen LogP contribution in [0, 0.1) is 0 Å². The van der Waals surface area contributed by atoms with Crippen molar-refractivity contribution in [2.24, 2.45) is 0 Å². The molecule has 1 aromatic rings. The van der Waals surface area contributed by atoms with E-state index in [2.05, 4.69) is 33.4 Å². The van der Waals surface area contributed by atoms with E-state index in [9.17, 15) is 0 Å². The highest BCUT2D eigenvalue weighted by Gasteiger charge is 2.43. The fraction of sp³-hybridized carbons (Fsp3) is 0.467. The smallest absolute Gasteiger partial charge is 0.256 e. The normalized spacial score (nSPS) is 15.7. The van der Waals surface area contributed by atoms with Crippen LogP contribution in [0.1, 0.15) is 33.3 Å². The van der Waals surface area contributed by atoms with E-state index >= 15 is 0 Å². The summed E-state index contributed by atoms with van der Waals surface area (Å²) >= 11 is 6.05. The average Bonchev–Trinajstić information content (AvgIpc) is 2.25. The molecule has 18 heavy (non-hydrogen) atoms. The van der Waals surface area contributed by atoms with E-state index in [1.54, 1.807) is 0 Å². The van der Waals surface area contributed by atoms with Gasteiger partial charge >= 0.3 is 0 Å². The summed E-state index contributed by atoms with van der Waals surface area (Å²) in [6, 6.07) is 9.06. The van der Waals surface area contributed by atoms with E-state index in [1.165, 1.54) is 5.56 Å². The largest absolute Gasteiger partial charge is 0.549 e.